The third kappa shape index (κ3) is 2.93. The Hall–Kier alpha value is -1.09. The number of hydrogen-bond donors (Lipinski definition) is 1. The first-order chi connectivity index (χ1) is 7.06. The standard InChI is InChI=1S/C12H18FNO/c1-4-15-11-6-5-9(7-10(11)13)12(14)8(2)3/h5-8,12H,4,14H2,1-3H3. The van der Waals surface area contributed by atoms with E-state index in [1.807, 2.05) is 26.8 Å². The van der Waals surface area contributed by atoms with Crippen molar-refractivity contribution in [2.75, 3.05) is 6.61 Å². The SMILES string of the molecule is CCOc1ccc(C(N)C(C)C)cc1F. The highest BCUT2D eigenvalue weighted by atomic mass is 19.1. The topological polar surface area (TPSA) is 35.2 Å². The van der Waals surface area contributed by atoms with E-state index in [2.05, 4.69) is 0 Å². The minimum absolute atomic E-state index is 0.129. The Bertz CT molecular complexity index is 325. The van der Waals surface area contributed by atoms with Gasteiger partial charge in [0.1, 0.15) is 0 Å². The van der Waals surface area contributed by atoms with E-state index in [9.17, 15) is 4.39 Å². The molecule has 15 heavy (non-hydrogen) atoms. The van der Waals surface area contributed by atoms with E-state index in [1.54, 1.807) is 6.07 Å². The van der Waals surface area contributed by atoms with Crippen LogP contribution >= 0.6 is 0 Å². The second-order valence-corrected chi connectivity index (χ2v) is 3.89. The maximum atomic E-state index is 13.5. The van der Waals surface area contributed by atoms with Gasteiger partial charge in [-0.05, 0) is 30.5 Å². The van der Waals surface area contributed by atoms with Crippen LogP contribution in [0.2, 0.25) is 0 Å². The molecule has 0 saturated carbocycles. The van der Waals surface area contributed by atoms with Gasteiger partial charge in [-0.3, -0.25) is 0 Å². The third-order valence-corrected chi connectivity index (χ3v) is 2.36. The van der Waals surface area contributed by atoms with Gasteiger partial charge in [0.15, 0.2) is 11.6 Å². The van der Waals surface area contributed by atoms with E-state index < -0.39 is 0 Å². The van der Waals surface area contributed by atoms with Crippen LogP contribution in [0.3, 0.4) is 0 Å². The highest BCUT2D eigenvalue weighted by Gasteiger charge is 2.12. The zero-order valence-electron chi connectivity index (χ0n) is 9.46. The molecule has 0 heterocycles. The molecule has 1 aromatic rings. The summed E-state index contributed by atoms with van der Waals surface area (Å²) in [7, 11) is 0. The molecule has 0 aromatic heterocycles. The van der Waals surface area contributed by atoms with Gasteiger partial charge in [-0.2, -0.15) is 0 Å². The van der Waals surface area contributed by atoms with Crippen LogP contribution in [0.5, 0.6) is 5.75 Å². The fourth-order valence-corrected chi connectivity index (χ4v) is 1.38. The Morgan fingerprint density at radius 2 is 2.07 bits per heavy atom. The second kappa shape index (κ2) is 5.12. The van der Waals surface area contributed by atoms with Crippen LogP contribution in [-0.2, 0) is 0 Å². The van der Waals surface area contributed by atoms with Gasteiger partial charge in [-0.25, -0.2) is 4.39 Å². The third-order valence-electron chi connectivity index (χ3n) is 2.36. The molecule has 0 aliphatic rings. The lowest BCUT2D eigenvalue weighted by molar-refractivity contribution is 0.321. The average Bonchev–Trinajstić information content (AvgIpc) is 2.20. The summed E-state index contributed by atoms with van der Waals surface area (Å²) in [6, 6.07) is 4.78. The summed E-state index contributed by atoms with van der Waals surface area (Å²) >= 11 is 0. The predicted molar refractivity (Wildman–Crippen MR) is 59.3 cm³/mol. The summed E-state index contributed by atoms with van der Waals surface area (Å²) in [4.78, 5) is 0. The lowest BCUT2D eigenvalue weighted by atomic mass is 9.97. The number of ether oxygens (including phenoxy) is 1. The summed E-state index contributed by atoms with van der Waals surface area (Å²) in [5.41, 5.74) is 6.73. The minimum atomic E-state index is -0.342. The molecule has 0 bridgehead atoms. The first-order valence-corrected chi connectivity index (χ1v) is 5.24. The van der Waals surface area contributed by atoms with Gasteiger partial charge in [0, 0.05) is 6.04 Å². The summed E-state index contributed by atoms with van der Waals surface area (Å²) in [5, 5.41) is 0. The van der Waals surface area contributed by atoms with Crippen LogP contribution < -0.4 is 10.5 Å². The van der Waals surface area contributed by atoms with Gasteiger partial charge in [-0.15, -0.1) is 0 Å². The molecule has 0 saturated heterocycles. The summed E-state index contributed by atoms with van der Waals surface area (Å²) in [6.07, 6.45) is 0. The van der Waals surface area contributed by atoms with E-state index in [4.69, 9.17) is 10.5 Å². The lowest BCUT2D eigenvalue weighted by Gasteiger charge is -2.16. The normalized spacial score (nSPS) is 12.9. The van der Waals surface area contributed by atoms with Crippen LogP contribution in [-0.4, -0.2) is 6.61 Å². The molecular weight excluding hydrogens is 193 g/mol. The van der Waals surface area contributed by atoms with Crippen LogP contribution in [0.15, 0.2) is 18.2 Å². The van der Waals surface area contributed by atoms with E-state index in [-0.39, 0.29) is 17.6 Å². The molecule has 1 rings (SSSR count). The molecule has 1 unspecified atom stereocenters. The number of hydrogen-bond acceptors (Lipinski definition) is 2. The maximum absolute atomic E-state index is 13.5. The molecular formula is C12H18FNO. The van der Waals surface area contributed by atoms with Crippen molar-refractivity contribution in [3.63, 3.8) is 0 Å². The van der Waals surface area contributed by atoms with Gasteiger partial charge in [-0.1, -0.05) is 19.9 Å². The molecule has 0 aliphatic carbocycles. The van der Waals surface area contributed by atoms with Crippen molar-refractivity contribution >= 4 is 0 Å². The van der Waals surface area contributed by atoms with Gasteiger partial charge in [0.05, 0.1) is 6.61 Å². The zero-order valence-corrected chi connectivity index (χ0v) is 9.46. The first kappa shape index (κ1) is 12.0. The molecule has 2 N–H and O–H groups in total. The molecule has 0 spiro atoms. The molecule has 84 valence electrons. The smallest absolute Gasteiger partial charge is 0.165 e. The molecule has 0 amide bonds. The monoisotopic (exact) mass is 211 g/mol. The Labute approximate surface area is 90.2 Å². The van der Waals surface area contributed by atoms with E-state index in [0.29, 0.717) is 12.5 Å². The van der Waals surface area contributed by atoms with Crippen LogP contribution in [0, 0.1) is 11.7 Å². The number of nitrogens with two attached hydrogens (primary N) is 1. The first-order valence-electron chi connectivity index (χ1n) is 5.24. The van der Waals surface area contributed by atoms with Crippen molar-refractivity contribution in [1.82, 2.24) is 0 Å². The van der Waals surface area contributed by atoms with Gasteiger partial charge < -0.3 is 10.5 Å². The van der Waals surface area contributed by atoms with E-state index >= 15 is 0 Å². The number of rotatable bonds is 4. The fraction of sp³-hybridized carbons (Fsp3) is 0.500. The molecule has 0 radical (unpaired) electrons. The Kier molecular flexibility index (Phi) is 4.09. The van der Waals surface area contributed by atoms with Crippen molar-refractivity contribution in [2.24, 2.45) is 11.7 Å². The second-order valence-electron chi connectivity index (χ2n) is 3.89. The molecule has 3 heteroatoms. The Morgan fingerprint density at radius 3 is 2.53 bits per heavy atom. The summed E-state index contributed by atoms with van der Waals surface area (Å²) in [5.74, 6) is 0.241. The van der Waals surface area contributed by atoms with Crippen molar-refractivity contribution in [3.05, 3.63) is 29.6 Å². The van der Waals surface area contributed by atoms with Crippen molar-refractivity contribution in [3.8, 4) is 5.75 Å². The van der Waals surface area contributed by atoms with Gasteiger partial charge in [0.25, 0.3) is 0 Å². The molecule has 2 nitrogen and oxygen atoms in total. The lowest BCUT2D eigenvalue weighted by Crippen LogP contribution is -2.16. The summed E-state index contributed by atoms with van der Waals surface area (Å²) in [6.45, 7) is 6.32. The van der Waals surface area contributed by atoms with Crippen molar-refractivity contribution < 1.29 is 9.13 Å². The van der Waals surface area contributed by atoms with Crippen molar-refractivity contribution in [1.29, 1.82) is 0 Å². The van der Waals surface area contributed by atoms with Gasteiger partial charge >= 0.3 is 0 Å². The predicted octanol–water partition coefficient (Wildman–Crippen LogP) is 2.88. The van der Waals surface area contributed by atoms with Gasteiger partial charge in [0.2, 0.25) is 0 Å². The molecule has 0 fully saturated rings. The minimum Gasteiger partial charge on any atom is -0.491 e. The van der Waals surface area contributed by atoms with Crippen LogP contribution in [0.4, 0.5) is 4.39 Å². The van der Waals surface area contributed by atoms with E-state index in [1.165, 1.54) is 6.07 Å². The highest BCUT2D eigenvalue weighted by Crippen LogP contribution is 2.24. The quantitative estimate of drug-likeness (QED) is 0.831. The fourth-order valence-electron chi connectivity index (χ4n) is 1.38. The van der Waals surface area contributed by atoms with Crippen molar-refractivity contribution in [2.45, 2.75) is 26.8 Å². The highest BCUT2D eigenvalue weighted by molar-refractivity contribution is 5.31. The zero-order chi connectivity index (χ0) is 11.4. The summed E-state index contributed by atoms with van der Waals surface area (Å²) < 4.78 is 18.6. The molecule has 0 aliphatic heterocycles. The Balaban J connectivity index is 2.90. The molecule has 1 aromatic carbocycles. The average molecular weight is 211 g/mol. The van der Waals surface area contributed by atoms with E-state index in [0.717, 1.165) is 5.56 Å². The van der Waals surface area contributed by atoms with Crippen LogP contribution in [0.1, 0.15) is 32.4 Å². The van der Waals surface area contributed by atoms with Crippen LogP contribution in [0.25, 0.3) is 0 Å². The number of halogens is 1. The molecule has 1 atom stereocenters. The Morgan fingerprint density at radius 1 is 1.40 bits per heavy atom. The maximum Gasteiger partial charge on any atom is 0.165 e. The largest absolute Gasteiger partial charge is 0.491 e. The number of benzene rings is 1.